The van der Waals surface area contributed by atoms with Gasteiger partial charge in [-0.1, -0.05) is 45.0 Å². The van der Waals surface area contributed by atoms with Crippen molar-refractivity contribution in [2.45, 2.75) is 39.2 Å². The molecule has 2 rings (SSSR count). The summed E-state index contributed by atoms with van der Waals surface area (Å²) in [5.74, 6) is -0.0189. The minimum Gasteiger partial charge on any atom is -0.356 e. The van der Waals surface area contributed by atoms with E-state index in [0.29, 0.717) is 10.7 Å². The summed E-state index contributed by atoms with van der Waals surface area (Å²) >= 11 is 5.43. The third-order valence-electron chi connectivity index (χ3n) is 4.42. The monoisotopic (exact) mass is 383 g/mol. The van der Waals surface area contributed by atoms with E-state index in [4.69, 9.17) is 12.2 Å². The van der Waals surface area contributed by atoms with Gasteiger partial charge in [-0.15, -0.1) is 0 Å². The van der Waals surface area contributed by atoms with Crippen LogP contribution in [0.5, 0.6) is 0 Å². The number of amides is 1. The highest BCUT2D eigenvalue weighted by Crippen LogP contribution is 2.24. The van der Waals surface area contributed by atoms with E-state index in [2.05, 4.69) is 62.6 Å². The van der Waals surface area contributed by atoms with Crippen LogP contribution in [0, 0.1) is 0 Å². The average molecular weight is 384 g/mol. The number of nitrogens with zero attached hydrogens (tertiary/aromatic N) is 1. The van der Waals surface area contributed by atoms with Gasteiger partial charge in [0.15, 0.2) is 5.11 Å². The minimum absolute atomic E-state index is 0.0189. The summed E-state index contributed by atoms with van der Waals surface area (Å²) in [6.45, 7) is 8.71. The van der Waals surface area contributed by atoms with Crippen LogP contribution in [0.2, 0.25) is 0 Å². The first-order valence-electron chi connectivity index (χ1n) is 9.07. The number of hydrogen-bond donors (Lipinski definition) is 2. The zero-order valence-corrected chi connectivity index (χ0v) is 17.8. The summed E-state index contributed by atoms with van der Waals surface area (Å²) < 4.78 is 0. The molecule has 5 heteroatoms. The summed E-state index contributed by atoms with van der Waals surface area (Å²) in [5, 5.41) is 7.02. The van der Waals surface area contributed by atoms with Gasteiger partial charge in [-0.25, -0.2) is 0 Å². The van der Waals surface area contributed by atoms with Gasteiger partial charge in [-0.05, 0) is 59.9 Å². The highest BCUT2D eigenvalue weighted by atomic mass is 32.1. The number of hydrogen-bond acceptors (Lipinski definition) is 2. The molecule has 4 nitrogen and oxygen atoms in total. The van der Waals surface area contributed by atoms with Crippen LogP contribution >= 0.6 is 12.2 Å². The number of carbonyl (C=O) groups is 1. The number of thiocarbonyl (C=S) groups is 1. The van der Waals surface area contributed by atoms with Crippen molar-refractivity contribution in [3.63, 3.8) is 0 Å². The molecule has 1 amide bonds. The molecule has 0 spiro atoms. The van der Waals surface area contributed by atoms with Crippen LogP contribution in [-0.4, -0.2) is 30.0 Å². The SMILES string of the molecule is C[C@H](NC(=S)Nc1ccc(C(=O)N(C)C)cc1)c1ccc(C(C)(C)C)cc1. The van der Waals surface area contributed by atoms with Crippen molar-refractivity contribution in [3.8, 4) is 0 Å². The predicted octanol–water partition coefficient (Wildman–Crippen LogP) is 4.73. The Morgan fingerprint density at radius 2 is 1.56 bits per heavy atom. The first-order valence-corrected chi connectivity index (χ1v) is 9.48. The lowest BCUT2D eigenvalue weighted by molar-refractivity contribution is 0.0827. The number of anilines is 1. The van der Waals surface area contributed by atoms with Crippen molar-refractivity contribution in [1.82, 2.24) is 10.2 Å². The van der Waals surface area contributed by atoms with Gasteiger partial charge >= 0.3 is 0 Å². The largest absolute Gasteiger partial charge is 0.356 e. The first kappa shape index (κ1) is 20.9. The lowest BCUT2D eigenvalue weighted by Gasteiger charge is -2.21. The van der Waals surface area contributed by atoms with E-state index in [0.717, 1.165) is 5.69 Å². The fourth-order valence-electron chi connectivity index (χ4n) is 2.67. The number of benzene rings is 2. The molecule has 0 saturated heterocycles. The molecule has 2 N–H and O–H groups in total. The van der Waals surface area contributed by atoms with Gasteiger partial charge in [0.05, 0.1) is 6.04 Å². The minimum atomic E-state index is -0.0189. The van der Waals surface area contributed by atoms with Crippen LogP contribution in [0.15, 0.2) is 48.5 Å². The molecule has 0 saturated carbocycles. The van der Waals surface area contributed by atoms with Crippen molar-refractivity contribution in [2.24, 2.45) is 0 Å². The maximum atomic E-state index is 11.9. The standard InChI is InChI=1S/C22H29N3OS/c1-15(16-7-11-18(12-8-16)22(2,3)4)23-21(27)24-19-13-9-17(10-14-19)20(26)25(5)6/h7-15H,1-6H3,(H2,23,24,27)/t15-/m0/s1. The fraction of sp³-hybridized carbons (Fsp3) is 0.364. The number of rotatable bonds is 4. The Morgan fingerprint density at radius 3 is 2.04 bits per heavy atom. The van der Waals surface area contributed by atoms with Crippen molar-refractivity contribution in [3.05, 3.63) is 65.2 Å². The predicted molar refractivity (Wildman–Crippen MR) is 117 cm³/mol. The molecule has 1 atom stereocenters. The van der Waals surface area contributed by atoms with Gasteiger partial charge in [-0.3, -0.25) is 4.79 Å². The lowest BCUT2D eigenvalue weighted by Crippen LogP contribution is -2.31. The quantitative estimate of drug-likeness (QED) is 0.749. The number of carbonyl (C=O) groups excluding carboxylic acids is 1. The van der Waals surface area contributed by atoms with E-state index in [9.17, 15) is 4.79 Å². The summed E-state index contributed by atoms with van der Waals surface area (Å²) in [5.41, 5.74) is 4.13. The third kappa shape index (κ3) is 5.79. The molecule has 0 fully saturated rings. The smallest absolute Gasteiger partial charge is 0.253 e. The third-order valence-corrected chi connectivity index (χ3v) is 4.64. The fourth-order valence-corrected chi connectivity index (χ4v) is 2.97. The molecule has 0 bridgehead atoms. The zero-order chi connectivity index (χ0) is 20.2. The normalized spacial score (nSPS) is 12.2. The Bertz CT molecular complexity index is 790. The molecule has 27 heavy (non-hydrogen) atoms. The van der Waals surface area contributed by atoms with Crippen molar-refractivity contribution in [1.29, 1.82) is 0 Å². The molecule has 0 aliphatic carbocycles. The summed E-state index contributed by atoms with van der Waals surface area (Å²) in [4.78, 5) is 13.5. The van der Waals surface area contributed by atoms with Crippen LogP contribution in [0.3, 0.4) is 0 Å². The first-order chi connectivity index (χ1) is 12.6. The molecular formula is C22H29N3OS. The summed E-state index contributed by atoms with van der Waals surface area (Å²) in [6, 6.07) is 16.0. The van der Waals surface area contributed by atoms with E-state index in [1.54, 1.807) is 31.1 Å². The Kier molecular flexibility index (Phi) is 6.60. The molecular weight excluding hydrogens is 354 g/mol. The Labute approximate surface area is 168 Å². The van der Waals surface area contributed by atoms with E-state index in [-0.39, 0.29) is 17.4 Å². The second kappa shape index (κ2) is 8.53. The maximum absolute atomic E-state index is 11.9. The van der Waals surface area contributed by atoms with Crippen LogP contribution in [0.4, 0.5) is 5.69 Å². The van der Waals surface area contributed by atoms with Gasteiger partial charge in [0.1, 0.15) is 0 Å². The average Bonchev–Trinajstić information content (AvgIpc) is 2.61. The molecule has 0 unspecified atom stereocenters. The summed E-state index contributed by atoms with van der Waals surface area (Å²) in [6.07, 6.45) is 0. The lowest BCUT2D eigenvalue weighted by atomic mass is 9.86. The number of nitrogens with one attached hydrogen (secondary N) is 2. The van der Waals surface area contributed by atoms with Crippen molar-refractivity contribution < 1.29 is 4.79 Å². The molecule has 0 aliphatic rings. The second-order valence-electron chi connectivity index (χ2n) is 7.97. The molecule has 0 heterocycles. The molecule has 144 valence electrons. The van der Waals surface area contributed by atoms with Crippen LogP contribution in [-0.2, 0) is 5.41 Å². The van der Waals surface area contributed by atoms with E-state index in [1.807, 2.05) is 12.1 Å². The van der Waals surface area contributed by atoms with Crippen LogP contribution < -0.4 is 10.6 Å². The van der Waals surface area contributed by atoms with Gasteiger partial charge < -0.3 is 15.5 Å². The van der Waals surface area contributed by atoms with Gasteiger partial charge in [0, 0.05) is 25.3 Å². The van der Waals surface area contributed by atoms with Gasteiger partial charge in [-0.2, -0.15) is 0 Å². The molecule has 0 aromatic heterocycles. The Morgan fingerprint density at radius 1 is 1.00 bits per heavy atom. The van der Waals surface area contributed by atoms with E-state index >= 15 is 0 Å². The highest BCUT2D eigenvalue weighted by Gasteiger charge is 2.14. The molecule has 2 aromatic rings. The van der Waals surface area contributed by atoms with Crippen LogP contribution in [0.25, 0.3) is 0 Å². The van der Waals surface area contributed by atoms with E-state index in [1.165, 1.54) is 11.1 Å². The van der Waals surface area contributed by atoms with Crippen molar-refractivity contribution in [2.75, 3.05) is 19.4 Å². The van der Waals surface area contributed by atoms with Gasteiger partial charge in [0.2, 0.25) is 0 Å². The summed E-state index contributed by atoms with van der Waals surface area (Å²) in [7, 11) is 3.48. The zero-order valence-electron chi connectivity index (χ0n) is 17.0. The van der Waals surface area contributed by atoms with E-state index < -0.39 is 0 Å². The Hall–Kier alpha value is -2.40. The molecule has 2 aromatic carbocycles. The van der Waals surface area contributed by atoms with Crippen molar-refractivity contribution >= 4 is 28.9 Å². The van der Waals surface area contributed by atoms with Gasteiger partial charge in [0.25, 0.3) is 5.91 Å². The maximum Gasteiger partial charge on any atom is 0.253 e. The highest BCUT2D eigenvalue weighted by molar-refractivity contribution is 7.80. The second-order valence-corrected chi connectivity index (χ2v) is 8.38. The van der Waals surface area contributed by atoms with Crippen LogP contribution in [0.1, 0.15) is 55.2 Å². The topological polar surface area (TPSA) is 44.4 Å². The molecule has 0 radical (unpaired) electrons. The Balaban J connectivity index is 1.96. The molecule has 0 aliphatic heterocycles.